The van der Waals surface area contributed by atoms with Gasteiger partial charge in [0.2, 0.25) is 5.95 Å². The molecule has 1 aromatic rings. The van der Waals surface area contributed by atoms with Gasteiger partial charge in [0, 0.05) is 18.3 Å². The molecular weight excluding hydrogens is 274 g/mol. The van der Waals surface area contributed by atoms with Gasteiger partial charge < -0.3 is 9.88 Å². The number of aryl methyl sites for hydroxylation is 1. The highest BCUT2D eigenvalue weighted by Crippen LogP contribution is 2.32. The molecule has 2 heterocycles. The first-order valence-corrected chi connectivity index (χ1v) is 9.38. The van der Waals surface area contributed by atoms with Crippen LogP contribution in [0, 0.1) is 6.92 Å². The average Bonchev–Trinajstić information content (AvgIpc) is 3.01. The molecule has 0 radical (unpaired) electrons. The summed E-state index contributed by atoms with van der Waals surface area (Å²) in [6.45, 7) is 2.02. The van der Waals surface area contributed by atoms with E-state index < -0.39 is 9.84 Å². The maximum absolute atomic E-state index is 11.5. The second-order valence-corrected chi connectivity index (χ2v) is 8.43. The average molecular weight is 297 g/mol. The van der Waals surface area contributed by atoms with Crippen LogP contribution in [-0.4, -0.2) is 35.5 Å². The first-order chi connectivity index (χ1) is 9.53. The highest BCUT2D eigenvalue weighted by molar-refractivity contribution is 7.91. The van der Waals surface area contributed by atoms with Crippen LogP contribution < -0.4 is 5.32 Å². The van der Waals surface area contributed by atoms with Crippen LogP contribution in [0.4, 0.5) is 5.95 Å². The van der Waals surface area contributed by atoms with E-state index in [9.17, 15) is 8.42 Å². The fourth-order valence-corrected chi connectivity index (χ4v) is 4.79. The summed E-state index contributed by atoms with van der Waals surface area (Å²) in [5.41, 5.74) is 1.03. The topological polar surface area (TPSA) is 64.0 Å². The number of rotatable bonds is 3. The van der Waals surface area contributed by atoms with E-state index in [0.29, 0.717) is 30.4 Å². The fourth-order valence-electron chi connectivity index (χ4n) is 3.30. The van der Waals surface area contributed by atoms with Crippen molar-refractivity contribution in [1.82, 2.24) is 9.55 Å². The molecule has 112 valence electrons. The third-order valence-corrected chi connectivity index (χ3v) is 6.17. The number of anilines is 1. The van der Waals surface area contributed by atoms with Crippen molar-refractivity contribution in [2.75, 3.05) is 16.8 Å². The summed E-state index contributed by atoms with van der Waals surface area (Å²) < 4.78 is 25.2. The van der Waals surface area contributed by atoms with Gasteiger partial charge in [-0.05, 0) is 32.6 Å². The van der Waals surface area contributed by atoms with E-state index in [-0.39, 0.29) is 6.04 Å². The lowest BCUT2D eigenvalue weighted by molar-refractivity contribution is 0.513. The Labute approximate surface area is 120 Å². The van der Waals surface area contributed by atoms with E-state index >= 15 is 0 Å². The molecule has 1 aliphatic heterocycles. The van der Waals surface area contributed by atoms with Crippen molar-refractivity contribution in [3.63, 3.8) is 0 Å². The van der Waals surface area contributed by atoms with Crippen molar-refractivity contribution in [3.8, 4) is 0 Å². The monoisotopic (exact) mass is 297 g/mol. The minimum Gasteiger partial charge on any atom is -0.353 e. The van der Waals surface area contributed by atoms with Crippen LogP contribution in [0.2, 0.25) is 0 Å². The number of aromatic nitrogens is 2. The fraction of sp³-hybridized carbons (Fsp3) is 0.786. The summed E-state index contributed by atoms with van der Waals surface area (Å²) in [5, 5.41) is 3.47. The van der Waals surface area contributed by atoms with Crippen molar-refractivity contribution < 1.29 is 8.42 Å². The summed E-state index contributed by atoms with van der Waals surface area (Å²) >= 11 is 0. The minimum atomic E-state index is -2.80. The Morgan fingerprint density at radius 1 is 1.20 bits per heavy atom. The number of sulfone groups is 1. The van der Waals surface area contributed by atoms with Gasteiger partial charge in [-0.25, -0.2) is 13.4 Å². The molecule has 0 atom stereocenters. The highest BCUT2D eigenvalue weighted by atomic mass is 32.2. The van der Waals surface area contributed by atoms with E-state index in [1.54, 1.807) is 0 Å². The van der Waals surface area contributed by atoms with Crippen LogP contribution >= 0.6 is 0 Å². The number of imidazole rings is 1. The smallest absolute Gasteiger partial charge is 0.203 e. The third kappa shape index (κ3) is 3.00. The van der Waals surface area contributed by atoms with Crippen LogP contribution in [0.15, 0.2) is 6.20 Å². The van der Waals surface area contributed by atoms with E-state index in [1.807, 2.05) is 6.92 Å². The van der Waals surface area contributed by atoms with Crippen molar-refractivity contribution >= 4 is 15.8 Å². The molecule has 0 spiro atoms. The van der Waals surface area contributed by atoms with Gasteiger partial charge in [-0.3, -0.25) is 0 Å². The molecule has 1 saturated carbocycles. The minimum absolute atomic E-state index is 0.237. The Bertz CT molecular complexity index is 559. The third-order valence-electron chi connectivity index (χ3n) is 4.46. The SMILES string of the molecule is Cc1cn(C2CCCC2)c(NC2CCS(=O)(=O)CC2)n1. The maximum Gasteiger partial charge on any atom is 0.203 e. The van der Waals surface area contributed by atoms with Gasteiger partial charge in [-0.15, -0.1) is 0 Å². The van der Waals surface area contributed by atoms with Crippen LogP contribution in [0.3, 0.4) is 0 Å². The quantitative estimate of drug-likeness (QED) is 0.930. The molecule has 3 rings (SSSR count). The van der Waals surface area contributed by atoms with Gasteiger partial charge in [-0.2, -0.15) is 0 Å². The number of hydrogen-bond acceptors (Lipinski definition) is 4. The summed E-state index contributed by atoms with van der Waals surface area (Å²) in [5.74, 6) is 1.53. The zero-order valence-electron chi connectivity index (χ0n) is 12.0. The van der Waals surface area contributed by atoms with Crippen LogP contribution in [-0.2, 0) is 9.84 Å². The lowest BCUT2D eigenvalue weighted by atomic mass is 10.1. The van der Waals surface area contributed by atoms with Gasteiger partial charge in [0.1, 0.15) is 9.84 Å². The summed E-state index contributed by atoms with van der Waals surface area (Å²) in [6.07, 6.45) is 8.55. The van der Waals surface area contributed by atoms with Crippen molar-refractivity contribution in [1.29, 1.82) is 0 Å². The first-order valence-electron chi connectivity index (χ1n) is 7.56. The van der Waals surface area contributed by atoms with Crippen molar-refractivity contribution in [2.24, 2.45) is 0 Å². The van der Waals surface area contributed by atoms with Crippen LogP contribution in [0.5, 0.6) is 0 Å². The largest absolute Gasteiger partial charge is 0.353 e. The molecule has 1 aliphatic carbocycles. The normalized spacial score (nSPS) is 24.1. The molecular formula is C14H23N3O2S. The molecule has 0 bridgehead atoms. The van der Waals surface area contributed by atoms with E-state index in [0.717, 1.165) is 11.6 Å². The second kappa shape index (κ2) is 5.39. The maximum atomic E-state index is 11.5. The molecule has 2 fully saturated rings. The molecule has 0 aromatic carbocycles. The predicted molar refractivity (Wildman–Crippen MR) is 79.8 cm³/mol. The van der Waals surface area contributed by atoms with Crippen molar-refractivity contribution in [2.45, 2.75) is 57.5 Å². The Hall–Kier alpha value is -1.04. The van der Waals surface area contributed by atoms with E-state index in [2.05, 4.69) is 21.1 Å². The summed E-state index contributed by atoms with van der Waals surface area (Å²) in [6, 6.07) is 0.798. The van der Waals surface area contributed by atoms with Crippen LogP contribution in [0.1, 0.15) is 50.3 Å². The zero-order chi connectivity index (χ0) is 14.2. The summed E-state index contributed by atoms with van der Waals surface area (Å²) in [7, 11) is -2.80. The van der Waals surface area contributed by atoms with Gasteiger partial charge in [0.25, 0.3) is 0 Å². The molecule has 1 aromatic heterocycles. The van der Waals surface area contributed by atoms with E-state index in [4.69, 9.17) is 0 Å². The zero-order valence-corrected chi connectivity index (χ0v) is 12.8. The van der Waals surface area contributed by atoms with Gasteiger partial charge >= 0.3 is 0 Å². The molecule has 20 heavy (non-hydrogen) atoms. The molecule has 6 heteroatoms. The number of hydrogen-bond donors (Lipinski definition) is 1. The highest BCUT2D eigenvalue weighted by Gasteiger charge is 2.26. The Morgan fingerprint density at radius 2 is 1.85 bits per heavy atom. The lowest BCUT2D eigenvalue weighted by Gasteiger charge is -2.25. The molecule has 0 unspecified atom stereocenters. The van der Waals surface area contributed by atoms with Gasteiger partial charge in [0.05, 0.1) is 17.2 Å². The first kappa shape index (κ1) is 13.9. The molecule has 1 saturated heterocycles. The molecule has 0 amide bonds. The number of nitrogens with one attached hydrogen (secondary N) is 1. The second-order valence-electron chi connectivity index (χ2n) is 6.12. The lowest BCUT2D eigenvalue weighted by Crippen LogP contribution is -2.33. The Morgan fingerprint density at radius 3 is 2.50 bits per heavy atom. The van der Waals surface area contributed by atoms with E-state index in [1.165, 1.54) is 25.7 Å². The Kier molecular flexibility index (Phi) is 3.75. The molecule has 1 N–H and O–H groups in total. The predicted octanol–water partition coefficient (Wildman–Crippen LogP) is 2.30. The molecule has 2 aliphatic rings. The van der Waals surface area contributed by atoms with Gasteiger partial charge in [-0.1, -0.05) is 12.8 Å². The van der Waals surface area contributed by atoms with Crippen molar-refractivity contribution in [3.05, 3.63) is 11.9 Å². The standard InChI is InChI=1S/C14H23N3O2S/c1-11-10-17(13-4-2-3-5-13)14(15-11)16-12-6-8-20(18,19)9-7-12/h10,12-13H,2-9H2,1H3,(H,15,16). The van der Waals surface area contributed by atoms with Crippen LogP contribution in [0.25, 0.3) is 0 Å². The van der Waals surface area contributed by atoms with Gasteiger partial charge in [0.15, 0.2) is 0 Å². The Balaban J connectivity index is 1.71. The number of nitrogens with zero attached hydrogens (tertiary/aromatic N) is 2. The summed E-state index contributed by atoms with van der Waals surface area (Å²) in [4.78, 5) is 4.59. The molecule has 5 nitrogen and oxygen atoms in total.